The Hall–Kier alpha value is -2.05. The van der Waals surface area contributed by atoms with Crippen LogP contribution in [0.4, 0.5) is 20.6 Å². The van der Waals surface area contributed by atoms with Gasteiger partial charge < -0.3 is 5.32 Å². The molecule has 1 aliphatic heterocycles. The molecule has 0 saturated heterocycles. The second kappa shape index (κ2) is 7.45. The van der Waals surface area contributed by atoms with Crippen molar-refractivity contribution >= 4 is 45.9 Å². The van der Waals surface area contributed by atoms with Gasteiger partial charge in [0.1, 0.15) is 5.82 Å². The average Bonchev–Trinajstić information content (AvgIpc) is 2.99. The van der Waals surface area contributed by atoms with Crippen LogP contribution in [0.25, 0.3) is 0 Å². The van der Waals surface area contributed by atoms with Crippen molar-refractivity contribution in [1.29, 1.82) is 0 Å². The van der Waals surface area contributed by atoms with Gasteiger partial charge in [-0.25, -0.2) is 14.1 Å². The van der Waals surface area contributed by atoms with Crippen LogP contribution in [0.15, 0.2) is 47.5 Å². The quantitative estimate of drug-likeness (QED) is 0.770. The van der Waals surface area contributed by atoms with Gasteiger partial charge in [0, 0.05) is 10.9 Å². The number of thioether (sulfide) groups is 1. The number of amides is 2. The Morgan fingerprint density at radius 1 is 1.32 bits per heavy atom. The maximum atomic E-state index is 13.6. The van der Waals surface area contributed by atoms with Gasteiger partial charge in [0.2, 0.25) is 0 Å². The lowest BCUT2D eigenvalue weighted by Gasteiger charge is -2.23. The minimum Gasteiger partial charge on any atom is -0.307 e. The summed E-state index contributed by atoms with van der Waals surface area (Å²) < 4.78 is 13.6. The van der Waals surface area contributed by atoms with Gasteiger partial charge in [-0.1, -0.05) is 48.0 Å². The summed E-state index contributed by atoms with van der Waals surface area (Å²) in [5, 5.41) is 3.66. The number of urea groups is 1. The molecule has 0 spiro atoms. The zero-order valence-electron chi connectivity index (χ0n) is 13.8. The number of rotatable bonds is 2. The lowest BCUT2D eigenvalue weighted by atomic mass is 10.2. The molecule has 7 heteroatoms. The predicted octanol–water partition coefficient (Wildman–Crippen LogP) is 5.32. The summed E-state index contributed by atoms with van der Waals surface area (Å²) >= 11 is 7.23. The zero-order valence-corrected chi connectivity index (χ0v) is 15.4. The summed E-state index contributed by atoms with van der Waals surface area (Å²) in [4.78, 5) is 18.8. The number of aryl methyl sites for hydroxylation is 1. The van der Waals surface area contributed by atoms with Crippen LogP contribution in [-0.4, -0.2) is 23.0 Å². The van der Waals surface area contributed by atoms with Crippen molar-refractivity contribution in [3.05, 3.63) is 58.9 Å². The predicted molar refractivity (Wildman–Crippen MR) is 103 cm³/mol. The highest BCUT2D eigenvalue weighted by atomic mass is 35.5. The summed E-state index contributed by atoms with van der Waals surface area (Å²) in [5.41, 5.74) is 2.14. The minimum atomic E-state index is -0.581. The number of aliphatic imine (C=N–C) groups is 1. The van der Waals surface area contributed by atoms with E-state index >= 15 is 0 Å². The smallest absolute Gasteiger partial charge is 0.307 e. The molecule has 130 valence electrons. The molecule has 4 nitrogen and oxygen atoms in total. The van der Waals surface area contributed by atoms with E-state index in [4.69, 9.17) is 11.6 Å². The summed E-state index contributed by atoms with van der Waals surface area (Å²) in [6.07, 6.45) is 0. The van der Waals surface area contributed by atoms with Gasteiger partial charge in [-0.05, 0) is 37.3 Å². The molecule has 0 aromatic heterocycles. The molecule has 3 rings (SSSR count). The van der Waals surface area contributed by atoms with Crippen molar-refractivity contribution in [3.63, 3.8) is 0 Å². The largest absolute Gasteiger partial charge is 0.332 e. The van der Waals surface area contributed by atoms with Gasteiger partial charge in [-0.3, -0.25) is 4.99 Å². The SMILES string of the molecule is Cc1ccc(N(C(=O)Nc2ccc(Cl)c(F)c2)C2=NC[C@H](C)S2)cc1. The third-order valence-electron chi connectivity index (χ3n) is 3.65. The molecule has 0 radical (unpaired) electrons. The molecule has 0 aliphatic carbocycles. The summed E-state index contributed by atoms with van der Waals surface area (Å²) in [6, 6.07) is 11.4. The molecule has 0 saturated carbocycles. The fourth-order valence-electron chi connectivity index (χ4n) is 2.35. The number of halogens is 2. The third kappa shape index (κ3) is 4.14. The number of benzene rings is 2. The Labute approximate surface area is 155 Å². The highest BCUT2D eigenvalue weighted by molar-refractivity contribution is 8.15. The van der Waals surface area contributed by atoms with Gasteiger partial charge in [0.05, 0.1) is 17.3 Å². The van der Waals surface area contributed by atoms with E-state index in [1.54, 1.807) is 6.07 Å². The van der Waals surface area contributed by atoms with Crippen LogP contribution in [-0.2, 0) is 0 Å². The lowest BCUT2D eigenvalue weighted by molar-refractivity contribution is 0.259. The van der Waals surface area contributed by atoms with Crippen molar-refractivity contribution < 1.29 is 9.18 Å². The van der Waals surface area contributed by atoms with Crippen molar-refractivity contribution in [2.24, 2.45) is 4.99 Å². The number of anilines is 2. The summed E-state index contributed by atoms with van der Waals surface area (Å²) in [6.45, 7) is 4.70. The van der Waals surface area contributed by atoms with E-state index in [0.717, 1.165) is 5.56 Å². The Bertz CT molecular complexity index is 826. The second-order valence-electron chi connectivity index (χ2n) is 5.78. The van der Waals surface area contributed by atoms with Gasteiger partial charge in [0.25, 0.3) is 0 Å². The van der Waals surface area contributed by atoms with Crippen LogP contribution in [0.1, 0.15) is 12.5 Å². The van der Waals surface area contributed by atoms with Gasteiger partial charge in [-0.2, -0.15) is 0 Å². The molecule has 1 aliphatic rings. The molecule has 1 N–H and O–H groups in total. The first kappa shape index (κ1) is 17.8. The number of nitrogens with one attached hydrogen (secondary N) is 1. The fourth-order valence-corrected chi connectivity index (χ4v) is 3.42. The van der Waals surface area contributed by atoms with E-state index in [1.165, 1.54) is 28.8 Å². The number of amidine groups is 1. The normalized spacial score (nSPS) is 16.5. The number of hydrogen-bond acceptors (Lipinski definition) is 3. The molecule has 1 heterocycles. The van der Waals surface area contributed by atoms with Gasteiger partial charge in [-0.15, -0.1) is 0 Å². The zero-order chi connectivity index (χ0) is 18.0. The Morgan fingerprint density at radius 2 is 2.04 bits per heavy atom. The first-order valence-corrected chi connectivity index (χ1v) is 9.04. The van der Waals surface area contributed by atoms with Crippen LogP contribution in [0.3, 0.4) is 0 Å². The van der Waals surface area contributed by atoms with Crippen molar-refractivity contribution in [2.75, 3.05) is 16.8 Å². The van der Waals surface area contributed by atoms with Crippen molar-refractivity contribution in [3.8, 4) is 0 Å². The maximum absolute atomic E-state index is 13.6. The number of carbonyl (C=O) groups excluding carboxylic acids is 1. The van der Waals surface area contributed by atoms with Gasteiger partial charge in [0.15, 0.2) is 5.17 Å². The highest BCUT2D eigenvalue weighted by Crippen LogP contribution is 2.28. The van der Waals surface area contributed by atoms with Crippen LogP contribution in [0.5, 0.6) is 0 Å². The molecule has 2 amide bonds. The van der Waals surface area contributed by atoms with Crippen LogP contribution < -0.4 is 10.2 Å². The van der Waals surface area contributed by atoms with E-state index in [9.17, 15) is 9.18 Å². The molecule has 2 aromatic carbocycles. The molecule has 2 aromatic rings. The second-order valence-corrected chi connectivity index (χ2v) is 7.59. The van der Waals surface area contributed by atoms with Crippen molar-refractivity contribution in [1.82, 2.24) is 0 Å². The van der Waals surface area contributed by atoms with Crippen LogP contribution >= 0.6 is 23.4 Å². The van der Waals surface area contributed by atoms with Crippen LogP contribution in [0.2, 0.25) is 5.02 Å². The maximum Gasteiger partial charge on any atom is 0.332 e. The summed E-state index contributed by atoms with van der Waals surface area (Å²) in [5.74, 6) is -0.581. The molecular formula is C18H17ClFN3OS. The van der Waals surface area contributed by atoms with E-state index in [2.05, 4.69) is 17.2 Å². The number of nitrogens with zero attached hydrogens (tertiary/aromatic N) is 2. The first-order valence-electron chi connectivity index (χ1n) is 7.78. The van der Waals surface area contributed by atoms with E-state index < -0.39 is 11.8 Å². The van der Waals surface area contributed by atoms with E-state index in [-0.39, 0.29) is 5.02 Å². The highest BCUT2D eigenvalue weighted by Gasteiger charge is 2.27. The van der Waals surface area contributed by atoms with E-state index in [0.29, 0.717) is 28.3 Å². The molecule has 25 heavy (non-hydrogen) atoms. The first-order chi connectivity index (χ1) is 11.9. The van der Waals surface area contributed by atoms with Gasteiger partial charge >= 0.3 is 6.03 Å². The molecule has 0 bridgehead atoms. The lowest BCUT2D eigenvalue weighted by Crippen LogP contribution is -2.38. The van der Waals surface area contributed by atoms with E-state index in [1.807, 2.05) is 31.2 Å². The molecule has 0 unspecified atom stereocenters. The monoisotopic (exact) mass is 377 g/mol. The number of hydrogen-bond donors (Lipinski definition) is 1. The Morgan fingerprint density at radius 3 is 2.64 bits per heavy atom. The van der Waals surface area contributed by atoms with Crippen LogP contribution in [0, 0.1) is 12.7 Å². The Balaban J connectivity index is 1.89. The Kier molecular flexibility index (Phi) is 5.30. The molecule has 1 atom stereocenters. The average molecular weight is 378 g/mol. The standard InChI is InChI=1S/C18H17ClFN3OS/c1-11-3-6-14(7-4-11)23(18-21-10-12(2)25-18)17(24)22-13-5-8-15(19)16(20)9-13/h3-9,12H,10H2,1-2H3,(H,22,24)/t12-/m0/s1. The fraction of sp³-hybridized carbons (Fsp3) is 0.222. The number of carbonyl (C=O) groups is 1. The minimum absolute atomic E-state index is 0.0120. The molecular weight excluding hydrogens is 361 g/mol. The van der Waals surface area contributed by atoms with Crippen molar-refractivity contribution in [2.45, 2.75) is 19.1 Å². The summed E-state index contributed by atoms with van der Waals surface area (Å²) in [7, 11) is 0. The third-order valence-corrected chi connectivity index (χ3v) is 5.03. The molecule has 0 fully saturated rings. The topological polar surface area (TPSA) is 44.7 Å².